The average Bonchev–Trinajstić information content (AvgIpc) is 3.15. The summed E-state index contributed by atoms with van der Waals surface area (Å²) in [5, 5.41) is 3.42. The van der Waals surface area contributed by atoms with E-state index in [-0.39, 0.29) is 5.91 Å². The topological polar surface area (TPSA) is 69.7 Å². The number of anilines is 1. The van der Waals surface area contributed by atoms with Crippen LogP contribution in [0.25, 0.3) is 11.3 Å². The number of ether oxygens (including phenoxy) is 3. The summed E-state index contributed by atoms with van der Waals surface area (Å²) in [6, 6.07) is 11.2. The molecule has 0 saturated heterocycles. The van der Waals surface area contributed by atoms with Crippen molar-refractivity contribution >= 4 is 38.3 Å². The van der Waals surface area contributed by atoms with Crippen LogP contribution >= 0.6 is 27.3 Å². The second kappa shape index (κ2) is 9.28. The highest BCUT2D eigenvalue weighted by atomic mass is 79.9. The summed E-state index contributed by atoms with van der Waals surface area (Å²) in [4.78, 5) is 18.6. The Hall–Kier alpha value is -2.58. The number of aromatic nitrogens is 1. The third kappa shape index (κ3) is 4.54. The minimum Gasteiger partial charge on any atom is -0.493 e. The van der Waals surface area contributed by atoms with Gasteiger partial charge in [0.05, 0.1) is 27.0 Å². The molecule has 8 heteroatoms. The van der Waals surface area contributed by atoms with Crippen LogP contribution in [0.2, 0.25) is 0 Å². The Labute approximate surface area is 182 Å². The number of nitrogens with one attached hydrogen (secondary N) is 1. The summed E-state index contributed by atoms with van der Waals surface area (Å²) in [5.41, 5.74) is 2.28. The zero-order valence-electron chi connectivity index (χ0n) is 16.5. The second-order valence-corrected chi connectivity index (χ2v) is 8.02. The van der Waals surface area contributed by atoms with E-state index in [1.807, 2.05) is 24.3 Å². The van der Waals surface area contributed by atoms with Crippen LogP contribution in [0.1, 0.15) is 22.2 Å². The van der Waals surface area contributed by atoms with Crippen LogP contribution in [0, 0.1) is 0 Å². The van der Waals surface area contributed by atoms with Gasteiger partial charge in [-0.1, -0.05) is 35.0 Å². The van der Waals surface area contributed by atoms with Crippen molar-refractivity contribution in [3.63, 3.8) is 0 Å². The number of aryl methyl sites for hydroxylation is 1. The Balaban J connectivity index is 1.90. The number of carbonyl (C=O) groups is 1. The average molecular weight is 477 g/mol. The minimum absolute atomic E-state index is 0.303. The van der Waals surface area contributed by atoms with E-state index in [9.17, 15) is 4.79 Å². The number of methoxy groups -OCH3 is 3. The first kappa shape index (κ1) is 21.1. The SMILES string of the molecule is CCc1sc(NC(=O)c2cc(OC)c(OC)c(OC)c2)nc1-c1ccc(Br)cc1. The lowest BCUT2D eigenvalue weighted by atomic mass is 10.1. The van der Waals surface area contributed by atoms with E-state index in [2.05, 4.69) is 33.2 Å². The molecule has 0 aliphatic heterocycles. The van der Waals surface area contributed by atoms with E-state index in [1.165, 1.54) is 32.7 Å². The molecule has 0 bridgehead atoms. The lowest BCUT2D eigenvalue weighted by Crippen LogP contribution is -2.12. The van der Waals surface area contributed by atoms with E-state index in [1.54, 1.807) is 12.1 Å². The van der Waals surface area contributed by atoms with Crippen molar-refractivity contribution in [1.82, 2.24) is 4.98 Å². The van der Waals surface area contributed by atoms with E-state index in [0.717, 1.165) is 27.0 Å². The molecule has 6 nitrogen and oxygen atoms in total. The van der Waals surface area contributed by atoms with Crippen molar-refractivity contribution in [3.05, 3.63) is 51.3 Å². The molecule has 1 heterocycles. The number of amides is 1. The summed E-state index contributed by atoms with van der Waals surface area (Å²) < 4.78 is 17.0. The van der Waals surface area contributed by atoms with E-state index in [0.29, 0.717) is 27.9 Å². The summed E-state index contributed by atoms with van der Waals surface area (Å²) in [7, 11) is 4.54. The standard InChI is InChI=1S/C21H21BrN2O4S/c1-5-17-18(12-6-8-14(22)9-7-12)23-21(29-17)24-20(25)13-10-15(26-2)19(28-4)16(11-13)27-3/h6-11H,5H2,1-4H3,(H,23,24,25). The zero-order chi connectivity index (χ0) is 21.0. The first-order valence-electron chi connectivity index (χ1n) is 8.87. The zero-order valence-corrected chi connectivity index (χ0v) is 18.9. The van der Waals surface area contributed by atoms with Gasteiger partial charge in [0.2, 0.25) is 5.75 Å². The van der Waals surface area contributed by atoms with Gasteiger partial charge in [0, 0.05) is 20.5 Å². The Bertz CT molecular complexity index is 993. The molecule has 3 aromatic rings. The van der Waals surface area contributed by atoms with Crippen LogP contribution in [-0.4, -0.2) is 32.2 Å². The van der Waals surface area contributed by atoms with Gasteiger partial charge in [0.1, 0.15) is 0 Å². The maximum atomic E-state index is 12.8. The monoisotopic (exact) mass is 476 g/mol. The highest BCUT2D eigenvalue weighted by Crippen LogP contribution is 2.38. The van der Waals surface area contributed by atoms with Gasteiger partial charge in [-0.2, -0.15) is 0 Å². The van der Waals surface area contributed by atoms with Gasteiger partial charge in [-0.15, -0.1) is 11.3 Å². The molecule has 29 heavy (non-hydrogen) atoms. The van der Waals surface area contributed by atoms with Crippen LogP contribution in [0.4, 0.5) is 5.13 Å². The third-order valence-corrected chi connectivity index (χ3v) is 5.93. The van der Waals surface area contributed by atoms with Crippen molar-refractivity contribution < 1.29 is 19.0 Å². The van der Waals surface area contributed by atoms with Crippen LogP contribution < -0.4 is 19.5 Å². The first-order chi connectivity index (χ1) is 14.0. The summed E-state index contributed by atoms with van der Waals surface area (Å²) in [6.07, 6.45) is 0.823. The van der Waals surface area contributed by atoms with Crippen molar-refractivity contribution in [2.75, 3.05) is 26.6 Å². The lowest BCUT2D eigenvalue weighted by molar-refractivity contribution is 0.102. The maximum absolute atomic E-state index is 12.8. The molecule has 1 N–H and O–H groups in total. The van der Waals surface area contributed by atoms with E-state index < -0.39 is 0 Å². The maximum Gasteiger partial charge on any atom is 0.257 e. The van der Waals surface area contributed by atoms with Crippen LogP contribution in [0.3, 0.4) is 0 Å². The molecule has 0 atom stereocenters. The van der Waals surface area contributed by atoms with Crippen molar-refractivity contribution in [3.8, 4) is 28.5 Å². The highest BCUT2D eigenvalue weighted by molar-refractivity contribution is 9.10. The molecule has 0 saturated carbocycles. The van der Waals surface area contributed by atoms with Crippen molar-refractivity contribution in [2.45, 2.75) is 13.3 Å². The Kier molecular flexibility index (Phi) is 6.76. The number of hydrogen-bond acceptors (Lipinski definition) is 6. The molecule has 0 radical (unpaired) electrons. The second-order valence-electron chi connectivity index (χ2n) is 6.02. The molecule has 1 amide bonds. The Morgan fingerprint density at radius 1 is 1.07 bits per heavy atom. The lowest BCUT2D eigenvalue weighted by Gasteiger charge is -2.13. The largest absolute Gasteiger partial charge is 0.493 e. The minimum atomic E-state index is -0.303. The van der Waals surface area contributed by atoms with Crippen molar-refractivity contribution in [1.29, 1.82) is 0 Å². The molecule has 152 valence electrons. The molecule has 0 unspecified atom stereocenters. The molecule has 2 aromatic carbocycles. The quantitative estimate of drug-likeness (QED) is 0.493. The van der Waals surface area contributed by atoms with Crippen molar-refractivity contribution in [2.24, 2.45) is 0 Å². The fraction of sp³-hybridized carbons (Fsp3) is 0.238. The number of carbonyl (C=O) groups excluding carboxylic acids is 1. The molecule has 0 fully saturated rings. The molecule has 0 aliphatic rings. The van der Waals surface area contributed by atoms with Gasteiger partial charge < -0.3 is 14.2 Å². The van der Waals surface area contributed by atoms with Gasteiger partial charge in [-0.3, -0.25) is 10.1 Å². The molecule has 0 spiro atoms. The number of nitrogens with zero attached hydrogens (tertiary/aromatic N) is 1. The Morgan fingerprint density at radius 3 is 2.21 bits per heavy atom. The number of benzene rings is 2. The van der Waals surface area contributed by atoms with E-state index >= 15 is 0 Å². The van der Waals surface area contributed by atoms with Gasteiger partial charge in [-0.05, 0) is 30.7 Å². The number of hydrogen-bond donors (Lipinski definition) is 1. The summed E-state index contributed by atoms with van der Waals surface area (Å²) >= 11 is 4.91. The van der Waals surface area contributed by atoms with Gasteiger partial charge in [0.25, 0.3) is 5.91 Å². The molecule has 3 rings (SSSR count). The summed E-state index contributed by atoms with van der Waals surface area (Å²) in [5.74, 6) is 0.969. The van der Waals surface area contributed by atoms with Crippen LogP contribution in [-0.2, 0) is 6.42 Å². The normalized spacial score (nSPS) is 10.5. The summed E-state index contributed by atoms with van der Waals surface area (Å²) in [6.45, 7) is 2.07. The molecule has 0 aliphatic carbocycles. The predicted molar refractivity (Wildman–Crippen MR) is 119 cm³/mol. The molecular formula is C21H21BrN2O4S. The molecular weight excluding hydrogens is 456 g/mol. The fourth-order valence-electron chi connectivity index (χ4n) is 2.86. The van der Waals surface area contributed by atoms with Crippen LogP contribution in [0.5, 0.6) is 17.2 Å². The third-order valence-electron chi connectivity index (χ3n) is 4.28. The fourth-order valence-corrected chi connectivity index (χ4v) is 4.04. The van der Waals surface area contributed by atoms with Gasteiger partial charge in [-0.25, -0.2) is 4.98 Å². The highest BCUT2D eigenvalue weighted by Gasteiger charge is 2.19. The molecule has 1 aromatic heterocycles. The first-order valence-corrected chi connectivity index (χ1v) is 10.5. The smallest absolute Gasteiger partial charge is 0.257 e. The number of rotatable bonds is 7. The van der Waals surface area contributed by atoms with Gasteiger partial charge in [0.15, 0.2) is 16.6 Å². The predicted octanol–water partition coefficient (Wildman–Crippen LogP) is 5.41. The van der Waals surface area contributed by atoms with E-state index in [4.69, 9.17) is 14.2 Å². The number of halogens is 1. The van der Waals surface area contributed by atoms with Gasteiger partial charge >= 0.3 is 0 Å². The van der Waals surface area contributed by atoms with Crippen LogP contribution in [0.15, 0.2) is 40.9 Å². The number of thiazole rings is 1. The Morgan fingerprint density at radius 2 is 1.69 bits per heavy atom.